The van der Waals surface area contributed by atoms with E-state index in [1.807, 2.05) is 5.32 Å². The van der Waals surface area contributed by atoms with Crippen LogP contribution in [0.3, 0.4) is 0 Å². The topological polar surface area (TPSA) is 78.4 Å². The lowest BCUT2D eigenvalue weighted by atomic mass is 9.85. The molecule has 1 aromatic rings. The van der Waals surface area contributed by atoms with Crippen molar-refractivity contribution in [3.05, 3.63) is 35.4 Å². The molecule has 8 heteroatoms. The first kappa shape index (κ1) is 17.3. The minimum atomic E-state index is -4.91. The highest BCUT2D eigenvalue weighted by Gasteiger charge is 2.41. The monoisotopic (exact) mass is 330 g/mol. The number of rotatable bonds is 3. The lowest BCUT2D eigenvalue weighted by molar-refractivity contribution is -0.174. The number of carboxylic acids is 1. The molecule has 0 aromatic heterocycles. The summed E-state index contributed by atoms with van der Waals surface area (Å²) in [5.41, 5.74) is 0.966. The highest BCUT2D eigenvalue weighted by Crippen LogP contribution is 2.27. The van der Waals surface area contributed by atoms with Gasteiger partial charge in [0.05, 0.1) is 5.56 Å². The maximum atomic E-state index is 12.4. The van der Waals surface area contributed by atoms with Crippen LogP contribution >= 0.6 is 0 Å². The van der Waals surface area contributed by atoms with E-state index in [0.29, 0.717) is 13.0 Å². The number of carboxylic acid groups (broad SMARTS) is 1. The third-order valence-electron chi connectivity index (χ3n) is 4.03. The number of benzene rings is 1. The third kappa shape index (κ3) is 4.22. The zero-order valence-electron chi connectivity index (χ0n) is 12.4. The van der Waals surface area contributed by atoms with Crippen LogP contribution in [0.1, 0.15) is 35.2 Å². The number of hydrogen-bond acceptors (Lipinski definition) is 3. The lowest BCUT2D eigenvalue weighted by Gasteiger charge is -2.36. The molecule has 5 nitrogen and oxygen atoms in total. The number of hydrogen-bond donors (Lipinski definition) is 3. The maximum absolute atomic E-state index is 12.4. The van der Waals surface area contributed by atoms with Gasteiger partial charge in [0.25, 0.3) is 0 Å². The fourth-order valence-corrected chi connectivity index (χ4v) is 2.65. The second kappa shape index (κ2) is 6.57. The zero-order valence-corrected chi connectivity index (χ0v) is 12.4. The Morgan fingerprint density at radius 2 is 1.87 bits per heavy atom. The van der Waals surface area contributed by atoms with Gasteiger partial charge in [-0.25, -0.2) is 4.79 Å². The molecule has 1 amide bonds. The van der Waals surface area contributed by atoms with Gasteiger partial charge in [-0.2, -0.15) is 13.2 Å². The first-order valence-corrected chi connectivity index (χ1v) is 7.13. The van der Waals surface area contributed by atoms with Crippen LogP contribution in [-0.4, -0.2) is 41.8 Å². The van der Waals surface area contributed by atoms with Gasteiger partial charge in [0, 0.05) is 18.6 Å². The Bertz CT molecular complexity index is 587. The number of nitrogens with one attached hydrogen (secondary N) is 2. The standard InChI is InChI=1S/C15H17F3N2O3/c1-8-12(20-14(23)15(16,17)18)6-11(7-19-8)9-2-4-10(5-3-9)13(21)22/h2-5,8,11-12,19H,6-7H2,1H3,(H,20,23)(H,21,22). The van der Waals surface area contributed by atoms with E-state index in [1.165, 1.54) is 12.1 Å². The SMILES string of the molecule is CC1NCC(c2ccc(C(=O)O)cc2)CC1NC(=O)C(F)(F)F. The average molecular weight is 330 g/mol. The molecule has 126 valence electrons. The van der Waals surface area contributed by atoms with Crippen LogP contribution < -0.4 is 10.6 Å². The summed E-state index contributed by atoms with van der Waals surface area (Å²) in [4.78, 5) is 21.9. The molecule has 3 unspecified atom stereocenters. The lowest BCUT2D eigenvalue weighted by Crippen LogP contribution is -2.56. The number of carbonyl (C=O) groups excluding carboxylic acids is 1. The van der Waals surface area contributed by atoms with Gasteiger partial charge in [-0.15, -0.1) is 0 Å². The highest BCUT2D eigenvalue weighted by atomic mass is 19.4. The van der Waals surface area contributed by atoms with Crippen LogP contribution in [0.2, 0.25) is 0 Å². The molecule has 0 saturated carbocycles. The molecule has 1 aliphatic rings. The van der Waals surface area contributed by atoms with E-state index in [-0.39, 0.29) is 17.5 Å². The first-order valence-electron chi connectivity index (χ1n) is 7.13. The van der Waals surface area contributed by atoms with Crippen LogP contribution in [0.15, 0.2) is 24.3 Å². The summed E-state index contributed by atoms with van der Waals surface area (Å²) in [5.74, 6) is -3.09. The van der Waals surface area contributed by atoms with Crippen molar-refractivity contribution in [3.63, 3.8) is 0 Å². The summed E-state index contributed by atoms with van der Waals surface area (Å²) >= 11 is 0. The van der Waals surface area contributed by atoms with E-state index >= 15 is 0 Å². The van der Waals surface area contributed by atoms with Gasteiger partial charge in [0.15, 0.2) is 0 Å². The minimum Gasteiger partial charge on any atom is -0.478 e. The van der Waals surface area contributed by atoms with Crippen LogP contribution in [0, 0.1) is 0 Å². The molecule has 3 N–H and O–H groups in total. The smallest absolute Gasteiger partial charge is 0.471 e. The van der Waals surface area contributed by atoms with Crippen molar-refractivity contribution >= 4 is 11.9 Å². The number of alkyl halides is 3. The molecular formula is C15H17F3N2O3. The molecule has 0 aliphatic carbocycles. The summed E-state index contributed by atoms with van der Waals surface area (Å²) in [6, 6.07) is 5.28. The van der Waals surface area contributed by atoms with Gasteiger partial charge in [-0.3, -0.25) is 4.79 Å². The van der Waals surface area contributed by atoms with Gasteiger partial charge < -0.3 is 15.7 Å². The predicted molar refractivity (Wildman–Crippen MR) is 76.2 cm³/mol. The second-order valence-corrected chi connectivity index (χ2v) is 5.63. The van der Waals surface area contributed by atoms with Gasteiger partial charge >= 0.3 is 18.1 Å². The molecule has 0 bridgehead atoms. The van der Waals surface area contributed by atoms with Crippen molar-refractivity contribution in [2.45, 2.75) is 37.5 Å². The Kier molecular flexibility index (Phi) is 4.93. The number of halogens is 3. The summed E-state index contributed by atoms with van der Waals surface area (Å²) in [5, 5.41) is 14.0. The second-order valence-electron chi connectivity index (χ2n) is 5.63. The molecule has 23 heavy (non-hydrogen) atoms. The van der Waals surface area contributed by atoms with E-state index < -0.39 is 24.1 Å². The van der Waals surface area contributed by atoms with Crippen LogP contribution in [0.4, 0.5) is 13.2 Å². The Balaban J connectivity index is 2.07. The summed E-state index contributed by atoms with van der Waals surface area (Å²) in [6.45, 7) is 2.26. The third-order valence-corrected chi connectivity index (χ3v) is 4.03. The van der Waals surface area contributed by atoms with E-state index in [0.717, 1.165) is 5.56 Å². The molecule has 1 saturated heterocycles. The number of carbonyl (C=O) groups is 2. The fourth-order valence-electron chi connectivity index (χ4n) is 2.65. The largest absolute Gasteiger partial charge is 0.478 e. The Labute approximate surface area is 130 Å². The van der Waals surface area contributed by atoms with Gasteiger partial charge in [0.1, 0.15) is 0 Å². The van der Waals surface area contributed by atoms with E-state index in [1.54, 1.807) is 19.1 Å². The molecular weight excluding hydrogens is 313 g/mol. The van der Waals surface area contributed by atoms with Crippen LogP contribution in [0.25, 0.3) is 0 Å². The summed E-state index contributed by atoms with van der Waals surface area (Å²) < 4.78 is 37.2. The summed E-state index contributed by atoms with van der Waals surface area (Å²) in [6.07, 6.45) is -4.56. The van der Waals surface area contributed by atoms with Crippen molar-refractivity contribution in [2.75, 3.05) is 6.54 Å². The number of amides is 1. The zero-order chi connectivity index (χ0) is 17.2. The molecule has 1 aromatic carbocycles. The average Bonchev–Trinajstić information content (AvgIpc) is 2.48. The van der Waals surface area contributed by atoms with Crippen molar-refractivity contribution in [3.8, 4) is 0 Å². The minimum absolute atomic E-state index is 0.104. The number of piperidine rings is 1. The van der Waals surface area contributed by atoms with E-state index in [4.69, 9.17) is 5.11 Å². The molecule has 0 radical (unpaired) electrons. The molecule has 1 aliphatic heterocycles. The van der Waals surface area contributed by atoms with Gasteiger partial charge in [-0.05, 0) is 37.0 Å². The Morgan fingerprint density at radius 3 is 2.39 bits per heavy atom. The molecule has 0 spiro atoms. The first-order chi connectivity index (χ1) is 10.7. The van der Waals surface area contributed by atoms with Crippen molar-refractivity contribution < 1.29 is 27.9 Å². The Morgan fingerprint density at radius 1 is 1.26 bits per heavy atom. The molecule has 1 fully saturated rings. The highest BCUT2D eigenvalue weighted by molar-refractivity contribution is 5.87. The summed E-state index contributed by atoms with van der Waals surface area (Å²) in [7, 11) is 0. The maximum Gasteiger partial charge on any atom is 0.471 e. The van der Waals surface area contributed by atoms with E-state index in [9.17, 15) is 22.8 Å². The van der Waals surface area contributed by atoms with Gasteiger partial charge in [-0.1, -0.05) is 12.1 Å². The van der Waals surface area contributed by atoms with Crippen molar-refractivity contribution in [2.24, 2.45) is 0 Å². The number of aromatic carboxylic acids is 1. The molecule has 2 rings (SSSR count). The predicted octanol–water partition coefficient (Wildman–Crippen LogP) is 1.90. The van der Waals surface area contributed by atoms with Gasteiger partial charge in [0.2, 0.25) is 0 Å². The van der Waals surface area contributed by atoms with Crippen LogP contribution in [0.5, 0.6) is 0 Å². The quantitative estimate of drug-likeness (QED) is 0.791. The van der Waals surface area contributed by atoms with Crippen molar-refractivity contribution in [1.82, 2.24) is 10.6 Å². The fraction of sp³-hybridized carbons (Fsp3) is 0.467. The van der Waals surface area contributed by atoms with E-state index in [2.05, 4.69) is 5.32 Å². The normalized spacial score (nSPS) is 25.0. The van der Waals surface area contributed by atoms with Crippen LogP contribution in [-0.2, 0) is 4.79 Å². The molecule has 3 atom stereocenters. The van der Waals surface area contributed by atoms with Crippen molar-refractivity contribution in [1.29, 1.82) is 0 Å². The Hall–Kier alpha value is -2.09. The molecule has 1 heterocycles.